The minimum absolute atomic E-state index is 0.0315. The molecule has 2 rings (SSSR count). The van der Waals surface area contributed by atoms with Crippen LogP contribution in [0.1, 0.15) is 44.7 Å². The Bertz CT molecular complexity index is 473. The van der Waals surface area contributed by atoms with E-state index in [0.717, 1.165) is 24.2 Å². The van der Waals surface area contributed by atoms with Crippen LogP contribution < -0.4 is 10.5 Å². The highest BCUT2D eigenvalue weighted by atomic mass is 16.5. The van der Waals surface area contributed by atoms with E-state index in [0.29, 0.717) is 6.42 Å². The summed E-state index contributed by atoms with van der Waals surface area (Å²) in [5.41, 5.74) is 7.41. The number of benzene rings is 1. The number of hydrogen-bond donors (Lipinski definition) is 1. The first-order valence-corrected chi connectivity index (χ1v) is 7.25. The second kappa shape index (κ2) is 6.27. The summed E-state index contributed by atoms with van der Waals surface area (Å²) < 4.78 is 5.29. The van der Waals surface area contributed by atoms with Gasteiger partial charge < -0.3 is 15.4 Å². The molecule has 1 aliphatic rings. The van der Waals surface area contributed by atoms with Crippen molar-refractivity contribution in [3.63, 3.8) is 0 Å². The Morgan fingerprint density at radius 3 is 2.80 bits per heavy atom. The van der Waals surface area contributed by atoms with Crippen molar-refractivity contribution in [2.75, 3.05) is 7.11 Å². The molecule has 1 heterocycles. The van der Waals surface area contributed by atoms with Crippen molar-refractivity contribution < 1.29 is 9.53 Å². The van der Waals surface area contributed by atoms with Crippen LogP contribution in [0.4, 0.5) is 0 Å². The van der Waals surface area contributed by atoms with Crippen LogP contribution in [-0.4, -0.2) is 30.0 Å². The van der Waals surface area contributed by atoms with E-state index in [1.165, 1.54) is 0 Å². The minimum Gasteiger partial charge on any atom is -0.497 e. The maximum atomic E-state index is 12.4. The van der Waals surface area contributed by atoms with Crippen molar-refractivity contribution in [1.82, 2.24) is 4.90 Å². The smallest absolute Gasteiger partial charge is 0.223 e. The number of nitrogens with two attached hydrogens (primary N) is 1. The highest BCUT2D eigenvalue weighted by molar-refractivity contribution is 5.77. The standard InChI is InChI=1S/C16H24N2O2/c1-11(2)18-15(19)9-5-8-14(17)16(18)12-6-4-7-13(10-12)20-3/h4,6-7,10-11,14,16H,5,8-9,17H2,1-3H3. The molecule has 0 aliphatic carbocycles. The van der Waals surface area contributed by atoms with E-state index in [9.17, 15) is 4.79 Å². The molecule has 2 atom stereocenters. The van der Waals surface area contributed by atoms with E-state index in [1.807, 2.05) is 43.0 Å². The molecule has 1 saturated heterocycles. The van der Waals surface area contributed by atoms with Gasteiger partial charge in [-0.3, -0.25) is 4.79 Å². The molecule has 0 bridgehead atoms. The SMILES string of the molecule is COc1cccc(C2C(N)CCCC(=O)N2C(C)C)c1. The predicted octanol–water partition coefficient (Wildman–Crippen LogP) is 2.48. The summed E-state index contributed by atoms with van der Waals surface area (Å²) in [6, 6.07) is 7.92. The average Bonchev–Trinajstić information content (AvgIpc) is 2.57. The Balaban J connectivity index is 2.42. The number of methoxy groups -OCH3 is 1. The number of carbonyl (C=O) groups is 1. The van der Waals surface area contributed by atoms with Crippen LogP contribution in [0.15, 0.2) is 24.3 Å². The van der Waals surface area contributed by atoms with Crippen LogP contribution in [-0.2, 0) is 4.79 Å². The van der Waals surface area contributed by atoms with Gasteiger partial charge in [0, 0.05) is 18.5 Å². The number of amides is 1. The van der Waals surface area contributed by atoms with Gasteiger partial charge in [0.2, 0.25) is 5.91 Å². The van der Waals surface area contributed by atoms with Crippen molar-refractivity contribution in [2.45, 2.75) is 51.2 Å². The molecule has 1 aliphatic heterocycles. The first kappa shape index (κ1) is 14.9. The number of nitrogens with zero attached hydrogens (tertiary/aromatic N) is 1. The van der Waals surface area contributed by atoms with Gasteiger partial charge in [-0.15, -0.1) is 0 Å². The van der Waals surface area contributed by atoms with Gasteiger partial charge in [0.05, 0.1) is 13.2 Å². The Morgan fingerprint density at radius 1 is 1.40 bits per heavy atom. The van der Waals surface area contributed by atoms with E-state index in [2.05, 4.69) is 0 Å². The summed E-state index contributed by atoms with van der Waals surface area (Å²) in [6.45, 7) is 4.09. The summed E-state index contributed by atoms with van der Waals surface area (Å²) in [5.74, 6) is 0.996. The third-order valence-corrected chi connectivity index (χ3v) is 3.91. The maximum absolute atomic E-state index is 12.4. The fraction of sp³-hybridized carbons (Fsp3) is 0.562. The van der Waals surface area contributed by atoms with Crippen LogP contribution in [0.3, 0.4) is 0 Å². The summed E-state index contributed by atoms with van der Waals surface area (Å²) in [5, 5.41) is 0. The van der Waals surface area contributed by atoms with Gasteiger partial charge in [-0.2, -0.15) is 0 Å². The summed E-state index contributed by atoms with van der Waals surface area (Å²) in [6.07, 6.45) is 2.33. The van der Waals surface area contributed by atoms with E-state index in [1.54, 1.807) is 7.11 Å². The molecule has 1 aromatic carbocycles. The lowest BCUT2D eigenvalue weighted by molar-refractivity contribution is -0.135. The Morgan fingerprint density at radius 2 is 2.15 bits per heavy atom. The van der Waals surface area contributed by atoms with Crippen LogP contribution >= 0.6 is 0 Å². The monoisotopic (exact) mass is 276 g/mol. The van der Waals surface area contributed by atoms with E-state index in [4.69, 9.17) is 10.5 Å². The molecule has 0 radical (unpaired) electrons. The van der Waals surface area contributed by atoms with Crippen molar-refractivity contribution in [2.24, 2.45) is 5.73 Å². The molecule has 2 N–H and O–H groups in total. The second-order valence-corrected chi connectivity index (χ2v) is 5.67. The van der Waals surface area contributed by atoms with Gasteiger partial charge >= 0.3 is 0 Å². The summed E-state index contributed by atoms with van der Waals surface area (Å²) in [4.78, 5) is 14.3. The molecule has 0 spiro atoms. The van der Waals surface area contributed by atoms with Crippen LogP contribution in [0, 0.1) is 0 Å². The van der Waals surface area contributed by atoms with E-state index >= 15 is 0 Å². The third kappa shape index (κ3) is 2.96. The lowest BCUT2D eigenvalue weighted by Gasteiger charge is -2.37. The molecule has 4 nitrogen and oxygen atoms in total. The average molecular weight is 276 g/mol. The van der Waals surface area contributed by atoms with Crippen molar-refractivity contribution in [1.29, 1.82) is 0 Å². The van der Waals surface area contributed by atoms with Crippen molar-refractivity contribution >= 4 is 5.91 Å². The molecular weight excluding hydrogens is 252 g/mol. The lowest BCUT2D eigenvalue weighted by atomic mass is 9.95. The Labute approximate surface area is 120 Å². The molecule has 0 saturated carbocycles. The van der Waals surface area contributed by atoms with Crippen molar-refractivity contribution in [3.8, 4) is 5.75 Å². The van der Waals surface area contributed by atoms with E-state index in [-0.39, 0.29) is 24.0 Å². The number of carbonyl (C=O) groups excluding carboxylic acids is 1. The molecule has 1 amide bonds. The minimum atomic E-state index is -0.0694. The lowest BCUT2D eigenvalue weighted by Crippen LogP contribution is -2.45. The molecule has 1 fully saturated rings. The van der Waals surface area contributed by atoms with Gasteiger partial charge in [-0.05, 0) is 44.4 Å². The van der Waals surface area contributed by atoms with Gasteiger partial charge in [-0.25, -0.2) is 0 Å². The largest absolute Gasteiger partial charge is 0.497 e. The van der Waals surface area contributed by atoms with Crippen LogP contribution in [0.5, 0.6) is 5.75 Å². The fourth-order valence-corrected chi connectivity index (χ4v) is 2.98. The molecular formula is C16H24N2O2. The third-order valence-electron chi connectivity index (χ3n) is 3.91. The number of rotatable bonds is 3. The highest BCUT2D eigenvalue weighted by Crippen LogP contribution is 2.33. The van der Waals surface area contributed by atoms with Gasteiger partial charge in [0.25, 0.3) is 0 Å². The second-order valence-electron chi connectivity index (χ2n) is 5.67. The molecule has 0 aromatic heterocycles. The number of ether oxygens (including phenoxy) is 1. The first-order valence-electron chi connectivity index (χ1n) is 7.25. The molecule has 110 valence electrons. The highest BCUT2D eigenvalue weighted by Gasteiger charge is 2.34. The topological polar surface area (TPSA) is 55.6 Å². The predicted molar refractivity (Wildman–Crippen MR) is 79.5 cm³/mol. The van der Waals surface area contributed by atoms with Crippen molar-refractivity contribution in [3.05, 3.63) is 29.8 Å². The molecule has 4 heteroatoms. The number of likely N-dealkylation sites (tertiary alicyclic amines) is 1. The van der Waals surface area contributed by atoms with Gasteiger partial charge in [-0.1, -0.05) is 12.1 Å². The number of hydrogen-bond acceptors (Lipinski definition) is 3. The van der Waals surface area contributed by atoms with Crippen LogP contribution in [0.25, 0.3) is 0 Å². The first-order chi connectivity index (χ1) is 9.54. The zero-order valence-electron chi connectivity index (χ0n) is 12.5. The van der Waals surface area contributed by atoms with Gasteiger partial charge in [0.15, 0.2) is 0 Å². The Kier molecular flexibility index (Phi) is 4.65. The van der Waals surface area contributed by atoms with Crippen LogP contribution in [0.2, 0.25) is 0 Å². The fourth-order valence-electron chi connectivity index (χ4n) is 2.98. The Hall–Kier alpha value is -1.55. The molecule has 2 unspecified atom stereocenters. The quantitative estimate of drug-likeness (QED) is 0.922. The van der Waals surface area contributed by atoms with E-state index < -0.39 is 0 Å². The molecule has 20 heavy (non-hydrogen) atoms. The normalized spacial score (nSPS) is 23.9. The maximum Gasteiger partial charge on any atom is 0.223 e. The molecule has 1 aromatic rings. The van der Waals surface area contributed by atoms with Gasteiger partial charge in [0.1, 0.15) is 5.75 Å². The zero-order valence-corrected chi connectivity index (χ0v) is 12.5. The summed E-state index contributed by atoms with van der Waals surface area (Å²) >= 11 is 0. The zero-order chi connectivity index (χ0) is 14.7. The summed E-state index contributed by atoms with van der Waals surface area (Å²) in [7, 11) is 1.65.